The van der Waals surface area contributed by atoms with E-state index in [-0.39, 0.29) is 18.5 Å². The predicted octanol–water partition coefficient (Wildman–Crippen LogP) is 1.16. The number of nitrogens with zero attached hydrogens (tertiary/aromatic N) is 2. The molecule has 7 nitrogen and oxygen atoms in total. The van der Waals surface area contributed by atoms with Gasteiger partial charge in [0.2, 0.25) is 17.6 Å². The smallest absolute Gasteiger partial charge is 0.245 e. The third-order valence-electron chi connectivity index (χ3n) is 3.16. The maximum atomic E-state index is 11.1. The lowest BCUT2D eigenvalue weighted by atomic mass is 10.2. The summed E-state index contributed by atoms with van der Waals surface area (Å²) in [5.41, 5.74) is 0.691. The zero-order valence-corrected chi connectivity index (χ0v) is 12.0. The Morgan fingerprint density at radius 1 is 1.48 bits per heavy atom. The fourth-order valence-electron chi connectivity index (χ4n) is 2.08. The standard InChI is InChI=1S/C13H13ClN4O3/c1-20-10-4-7(14)2-3-8(10)12-17-13(21-18-12)9-5-16-11(19)6-15-9/h2-4,9,15H,5-6H2,1H3,(H,16,19). The predicted molar refractivity (Wildman–Crippen MR) is 75.0 cm³/mol. The van der Waals surface area contributed by atoms with Crippen molar-refractivity contribution < 1.29 is 14.1 Å². The number of piperazine rings is 1. The highest BCUT2D eigenvalue weighted by Crippen LogP contribution is 2.31. The molecule has 21 heavy (non-hydrogen) atoms. The normalized spacial score (nSPS) is 18.4. The number of ether oxygens (including phenoxy) is 1. The van der Waals surface area contributed by atoms with Crippen molar-refractivity contribution in [2.75, 3.05) is 20.2 Å². The SMILES string of the molecule is COc1cc(Cl)ccc1-c1noc(C2CNC(=O)CN2)n1. The Bertz CT molecular complexity index is 663. The van der Waals surface area contributed by atoms with E-state index in [0.717, 1.165) is 0 Å². The number of carbonyl (C=O) groups is 1. The van der Waals surface area contributed by atoms with Crippen LogP contribution in [-0.4, -0.2) is 36.2 Å². The lowest BCUT2D eigenvalue weighted by molar-refractivity contribution is -0.121. The van der Waals surface area contributed by atoms with Crippen LogP contribution in [0.3, 0.4) is 0 Å². The second-order valence-corrected chi connectivity index (χ2v) is 4.97. The van der Waals surface area contributed by atoms with Crippen molar-refractivity contribution in [3.8, 4) is 17.1 Å². The van der Waals surface area contributed by atoms with Crippen LogP contribution in [-0.2, 0) is 4.79 Å². The fourth-order valence-corrected chi connectivity index (χ4v) is 2.24. The first-order chi connectivity index (χ1) is 10.2. The minimum Gasteiger partial charge on any atom is -0.496 e. The Morgan fingerprint density at radius 3 is 3.05 bits per heavy atom. The van der Waals surface area contributed by atoms with Crippen LogP contribution in [0.15, 0.2) is 22.7 Å². The molecule has 2 N–H and O–H groups in total. The summed E-state index contributed by atoms with van der Waals surface area (Å²) in [5, 5.41) is 10.3. The number of aromatic nitrogens is 2. The van der Waals surface area contributed by atoms with Gasteiger partial charge in [0.1, 0.15) is 11.8 Å². The number of rotatable bonds is 3. The van der Waals surface area contributed by atoms with E-state index in [1.807, 2.05) is 0 Å². The molecule has 8 heteroatoms. The van der Waals surface area contributed by atoms with Gasteiger partial charge < -0.3 is 14.6 Å². The van der Waals surface area contributed by atoms with Crippen molar-refractivity contribution in [3.63, 3.8) is 0 Å². The van der Waals surface area contributed by atoms with E-state index in [4.69, 9.17) is 20.9 Å². The van der Waals surface area contributed by atoms with Gasteiger partial charge in [0.25, 0.3) is 0 Å². The molecule has 0 spiro atoms. The molecule has 1 fully saturated rings. The molecule has 1 atom stereocenters. The number of hydrogen-bond donors (Lipinski definition) is 2. The Labute approximate surface area is 125 Å². The van der Waals surface area contributed by atoms with E-state index in [9.17, 15) is 4.79 Å². The Kier molecular flexibility index (Phi) is 3.76. The molecule has 0 bridgehead atoms. The van der Waals surface area contributed by atoms with Gasteiger partial charge in [-0.15, -0.1) is 0 Å². The van der Waals surface area contributed by atoms with Crippen molar-refractivity contribution >= 4 is 17.5 Å². The van der Waals surface area contributed by atoms with E-state index < -0.39 is 0 Å². The summed E-state index contributed by atoms with van der Waals surface area (Å²) in [4.78, 5) is 15.5. The average Bonchev–Trinajstić information content (AvgIpc) is 2.97. The highest BCUT2D eigenvalue weighted by Gasteiger charge is 2.24. The average molecular weight is 309 g/mol. The molecule has 2 aromatic rings. The lowest BCUT2D eigenvalue weighted by Gasteiger charge is -2.20. The van der Waals surface area contributed by atoms with Crippen LogP contribution >= 0.6 is 11.6 Å². The maximum Gasteiger partial charge on any atom is 0.245 e. The largest absolute Gasteiger partial charge is 0.496 e. The van der Waals surface area contributed by atoms with Crippen molar-refractivity contribution in [3.05, 3.63) is 29.1 Å². The quantitative estimate of drug-likeness (QED) is 0.884. The molecule has 1 amide bonds. The third-order valence-corrected chi connectivity index (χ3v) is 3.39. The number of carbonyl (C=O) groups excluding carboxylic acids is 1. The summed E-state index contributed by atoms with van der Waals surface area (Å²) in [7, 11) is 1.55. The molecule has 1 saturated heterocycles. The second kappa shape index (κ2) is 5.71. The molecule has 1 aromatic heterocycles. The number of hydrogen-bond acceptors (Lipinski definition) is 6. The van der Waals surface area contributed by atoms with Crippen molar-refractivity contribution in [2.24, 2.45) is 0 Å². The van der Waals surface area contributed by atoms with Gasteiger partial charge in [-0.05, 0) is 18.2 Å². The Hall–Kier alpha value is -2.12. The molecule has 1 aliphatic heterocycles. The van der Waals surface area contributed by atoms with Gasteiger partial charge in [0.15, 0.2) is 0 Å². The van der Waals surface area contributed by atoms with E-state index >= 15 is 0 Å². The number of nitrogens with one attached hydrogen (secondary N) is 2. The number of amides is 1. The van der Waals surface area contributed by atoms with Gasteiger partial charge in [-0.25, -0.2) is 0 Å². The Morgan fingerprint density at radius 2 is 2.33 bits per heavy atom. The molecule has 0 radical (unpaired) electrons. The van der Waals surface area contributed by atoms with Gasteiger partial charge in [-0.2, -0.15) is 4.98 Å². The van der Waals surface area contributed by atoms with Gasteiger partial charge >= 0.3 is 0 Å². The highest BCUT2D eigenvalue weighted by molar-refractivity contribution is 6.30. The molecule has 1 aromatic carbocycles. The molecule has 2 heterocycles. The van der Waals surface area contributed by atoms with Crippen LogP contribution in [0.2, 0.25) is 5.02 Å². The van der Waals surface area contributed by atoms with Crippen LogP contribution in [0, 0.1) is 0 Å². The number of benzene rings is 1. The van der Waals surface area contributed by atoms with Gasteiger partial charge in [-0.3, -0.25) is 10.1 Å². The molecule has 0 saturated carbocycles. The minimum atomic E-state index is -0.192. The van der Waals surface area contributed by atoms with Crippen LogP contribution in [0.4, 0.5) is 0 Å². The first-order valence-electron chi connectivity index (χ1n) is 6.35. The number of halogens is 1. The van der Waals surface area contributed by atoms with Gasteiger partial charge in [0, 0.05) is 11.6 Å². The monoisotopic (exact) mass is 308 g/mol. The molecular weight excluding hydrogens is 296 g/mol. The third kappa shape index (κ3) is 2.84. The van der Waals surface area contributed by atoms with Crippen molar-refractivity contribution in [1.29, 1.82) is 0 Å². The summed E-state index contributed by atoms with van der Waals surface area (Å²) in [6.07, 6.45) is 0. The second-order valence-electron chi connectivity index (χ2n) is 4.54. The molecule has 0 aliphatic carbocycles. The maximum absolute atomic E-state index is 11.1. The van der Waals surface area contributed by atoms with Gasteiger partial charge in [0.05, 0.1) is 19.2 Å². The fraction of sp³-hybridized carbons (Fsp3) is 0.308. The molecule has 1 unspecified atom stereocenters. The summed E-state index contributed by atoms with van der Waals surface area (Å²) in [5.74, 6) is 1.35. The van der Waals surface area contributed by atoms with E-state index in [2.05, 4.69) is 20.8 Å². The van der Waals surface area contributed by atoms with E-state index in [1.54, 1.807) is 25.3 Å². The lowest BCUT2D eigenvalue weighted by Crippen LogP contribution is -2.47. The Balaban J connectivity index is 1.86. The van der Waals surface area contributed by atoms with E-state index in [0.29, 0.717) is 34.6 Å². The van der Waals surface area contributed by atoms with Crippen LogP contribution in [0.1, 0.15) is 11.9 Å². The summed E-state index contributed by atoms with van der Waals surface area (Å²) >= 11 is 5.93. The topological polar surface area (TPSA) is 89.3 Å². The molecular formula is C13H13ClN4O3. The molecule has 110 valence electrons. The van der Waals surface area contributed by atoms with Crippen molar-refractivity contribution in [1.82, 2.24) is 20.8 Å². The van der Waals surface area contributed by atoms with Crippen LogP contribution < -0.4 is 15.4 Å². The first-order valence-corrected chi connectivity index (χ1v) is 6.73. The highest BCUT2D eigenvalue weighted by atomic mass is 35.5. The van der Waals surface area contributed by atoms with Gasteiger partial charge in [-0.1, -0.05) is 16.8 Å². The van der Waals surface area contributed by atoms with Crippen molar-refractivity contribution in [2.45, 2.75) is 6.04 Å². The summed E-state index contributed by atoms with van der Waals surface area (Å²) in [6.45, 7) is 0.644. The molecule has 1 aliphatic rings. The molecule has 3 rings (SSSR count). The minimum absolute atomic E-state index is 0.0506. The zero-order valence-electron chi connectivity index (χ0n) is 11.2. The van der Waals surface area contributed by atoms with Crippen LogP contribution in [0.25, 0.3) is 11.4 Å². The zero-order chi connectivity index (χ0) is 14.8. The van der Waals surface area contributed by atoms with E-state index in [1.165, 1.54) is 0 Å². The summed E-state index contributed by atoms with van der Waals surface area (Å²) in [6, 6.07) is 4.99. The first kappa shape index (κ1) is 13.8. The van der Waals surface area contributed by atoms with Crippen LogP contribution in [0.5, 0.6) is 5.75 Å². The summed E-state index contributed by atoms with van der Waals surface area (Å²) < 4.78 is 10.5. The number of methoxy groups -OCH3 is 1.